The van der Waals surface area contributed by atoms with Crippen LogP contribution in [0.5, 0.6) is 5.75 Å². The number of benzene rings is 1. The minimum atomic E-state index is 0.313. The molecule has 0 aromatic heterocycles. The van der Waals surface area contributed by atoms with Crippen molar-refractivity contribution in [3.8, 4) is 5.75 Å². The molecule has 0 saturated carbocycles. The van der Waals surface area contributed by atoms with Gasteiger partial charge < -0.3 is 15.0 Å². The highest BCUT2D eigenvalue weighted by Gasteiger charge is 2.16. The van der Waals surface area contributed by atoms with E-state index in [0.29, 0.717) is 6.04 Å². The fourth-order valence-electron chi connectivity index (χ4n) is 2.25. The summed E-state index contributed by atoms with van der Waals surface area (Å²) < 4.78 is 5.44. The van der Waals surface area contributed by atoms with E-state index in [-0.39, 0.29) is 0 Å². The zero-order chi connectivity index (χ0) is 13.4. The summed E-state index contributed by atoms with van der Waals surface area (Å²) in [5.74, 6) is 0.962. The first-order chi connectivity index (χ1) is 8.76. The molecule has 18 heavy (non-hydrogen) atoms. The zero-order valence-corrected chi connectivity index (χ0v) is 12.1. The minimum absolute atomic E-state index is 0.313. The third-order valence-corrected chi connectivity index (χ3v) is 3.29. The highest BCUT2D eigenvalue weighted by molar-refractivity contribution is 5.36. The van der Waals surface area contributed by atoms with Crippen molar-refractivity contribution in [3.63, 3.8) is 0 Å². The van der Waals surface area contributed by atoms with Gasteiger partial charge in [-0.3, -0.25) is 0 Å². The van der Waals surface area contributed by atoms with Gasteiger partial charge in [-0.05, 0) is 32.6 Å². The van der Waals surface area contributed by atoms with Crippen LogP contribution in [-0.4, -0.2) is 38.7 Å². The number of ether oxygens (including phenoxy) is 1. The normalized spacial score (nSPS) is 12.7. The molecule has 0 aliphatic heterocycles. The molecule has 0 bridgehead atoms. The first-order valence-corrected chi connectivity index (χ1v) is 6.79. The Bertz CT molecular complexity index is 341. The lowest BCUT2D eigenvalue weighted by molar-refractivity contribution is 0.256. The topological polar surface area (TPSA) is 24.5 Å². The molecule has 1 unspecified atom stereocenters. The van der Waals surface area contributed by atoms with Crippen molar-refractivity contribution in [3.05, 3.63) is 29.8 Å². The zero-order valence-electron chi connectivity index (χ0n) is 12.1. The summed E-state index contributed by atoms with van der Waals surface area (Å²) >= 11 is 0. The lowest BCUT2D eigenvalue weighted by Gasteiger charge is -2.27. The van der Waals surface area contributed by atoms with Crippen molar-refractivity contribution in [2.24, 2.45) is 0 Å². The smallest absolute Gasteiger partial charge is 0.123 e. The molecule has 102 valence electrons. The van der Waals surface area contributed by atoms with E-state index in [1.54, 1.807) is 7.11 Å². The Morgan fingerprint density at radius 2 is 2.00 bits per heavy atom. The molecule has 1 rings (SSSR count). The molecule has 0 amide bonds. The number of methoxy groups -OCH3 is 1. The van der Waals surface area contributed by atoms with Gasteiger partial charge in [-0.25, -0.2) is 0 Å². The summed E-state index contributed by atoms with van der Waals surface area (Å²) in [6, 6.07) is 8.56. The maximum absolute atomic E-state index is 5.44. The van der Waals surface area contributed by atoms with Gasteiger partial charge in [0.1, 0.15) is 5.75 Å². The largest absolute Gasteiger partial charge is 0.496 e. The van der Waals surface area contributed by atoms with Crippen molar-refractivity contribution in [1.82, 2.24) is 10.2 Å². The number of hydrogen-bond acceptors (Lipinski definition) is 3. The van der Waals surface area contributed by atoms with E-state index >= 15 is 0 Å². The standard InChI is InChI=1S/C15H26N2O/c1-5-11-17(6-2)12-14(16-3)13-9-7-8-10-15(13)18-4/h7-10,14,16H,5-6,11-12H2,1-4H3. The van der Waals surface area contributed by atoms with E-state index in [1.807, 2.05) is 19.2 Å². The molecule has 1 atom stereocenters. The first kappa shape index (κ1) is 15.0. The van der Waals surface area contributed by atoms with Gasteiger partial charge in [-0.2, -0.15) is 0 Å². The van der Waals surface area contributed by atoms with Crippen molar-refractivity contribution in [1.29, 1.82) is 0 Å². The molecule has 0 aliphatic carbocycles. The summed E-state index contributed by atoms with van der Waals surface area (Å²) in [7, 11) is 3.74. The van der Waals surface area contributed by atoms with Gasteiger partial charge in [0.15, 0.2) is 0 Å². The fourth-order valence-corrected chi connectivity index (χ4v) is 2.25. The van der Waals surface area contributed by atoms with E-state index in [1.165, 1.54) is 12.0 Å². The van der Waals surface area contributed by atoms with E-state index in [9.17, 15) is 0 Å². The number of rotatable bonds is 8. The SMILES string of the molecule is CCCN(CC)CC(NC)c1ccccc1OC. The maximum atomic E-state index is 5.44. The van der Waals surface area contributed by atoms with Gasteiger partial charge in [0, 0.05) is 18.2 Å². The molecule has 3 nitrogen and oxygen atoms in total. The molecule has 0 saturated heterocycles. The van der Waals surface area contributed by atoms with Gasteiger partial charge in [-0.1, -0.05) is 32.0 Å². The lowest BCUT2D eigenvalue weighted by atomic mass is 10.1. The summed E-state index contributed by atoms with van der Waals surface area (Å²) in [5, 5.41) is 3.39. The van der Waals surface area contributed by atoms with Crippen LogP contribution in [0.4, 0.5) is 0 Å². The van der Waals surface area contributed by atoms with E-state index in [4.69, 9.17) is 4.74 Å². The molecule has 0 heterocycles. The summed E-state index contributed by atoms with van der Waals surface area (Å²) in [6.45, 7) is 7.68. The maximum Gasteiger partial charge on any atom is 0.123 e. The molecule has 1 N–H and O–H groups in total. The molecule has 1 aromatic rings. The van der Waals surface area contributed by atoms with Crippen molar-refractivity contribution < 1.29 is 4.74 Å². The van der Waals surface area contributed by atoms with Crippen molar-refractivity contribution in [2.75, 3.05) is 33.8 Å². The first-order valence-electron chi connectivity index (χ1n) is 6.79. The molecule has 1 aromatic carbocycles. The predicted molar refractivity (Wildman–Crippen MR) is 77.2 cm³/mol. The Kier molecular flexibility index (Phi) is 6.76. The van der Waals surface area contributed by atoms with Crippen molar-refractivity contribution in [2.45, 2.75) is 26.3 Å². The van der Waals surface area contributed by atoms with Gasteiger partial charge in [-0.15, -0.1) is 0 Å². The molecular formula is C15H26N2O. The molecular weight excluding hydrogens is 224 g/mol. The van der Waals surface area contributed by atoms with Crippen LogP contribution < -0.4 is 10.1 Å². The number of hydrogen-bond donors (Lipinski definition) is 1. The summed E-state index contributed by atoms with van der Waals surface area (Å²) in [5.41, 5.74) is 1.23. The third-order valence-electron chi connectivity index (χ3n) is 3.29. The predicted octanol–water partition coefficient (Wildman–Crippen LogP) is 2.69. The average Bonchev–Trinajstić information content (AvgIpc) is 2.43. The minimum Gasteiger partial charge on any atom is -0.496 e. The summed E-state index contributed by atoms with van der Waals surface area (Å²) in [6.07, 6.45) is 1.19. The van der Waals surface area contributed by atoms with Crippen molar-refractivity contribution >= 4 is 0 Å². The average molecular weight is 250 g/mol. The molecule has 0 radical (unpaired) electrons. The van der Waals surface area contributed by atoms with Crippen LogP contribution in [-0.2, 0) is 0 Å². The van der Waals surface area contributed by atoms with E-state index in [0.717, 1.165) is 25.4 Å². The van der Waals surface area contributed by atoms with Crippen LogP contribution in [0.2, 0.25) is 0 Å². The number of nitrogens with one attached hydrogen (secondary N) is 1. The molecule has 0 fully saturated rings. The van der Waals surface area contributed by atoms with Crippen LogP contribution in [0, 0.1) is 0 Å². The number of nitrogens with zero attached hydrogens (tertiary/aromatic N) is 1. The molecule has 0 aliphatic rings. The molecule has 0 spiro atoms. The second-order valence-electron chi connectivity index (χ2n) is 4.48. The van der Waals surface area contributed by atoms with Crippen LogP contribution in [0.1, 0.15) is 31.9 Å². The van der Waals surface area contributed by atoms with Crippen LogP contribution in [0.3, 0.4) is 0 Å². The third kappa shape index (κ3) is 4.00. The van der Waals surface area contributed by atoms with Gasteiger partial charge >= 0.3 is 0 Å². The van der Waals surface area contributed by atoms with Gasteiger partial charge in [0.25, 0.3) is 0 Å². The lowest BCUT2D eigenvalue weighted by Crippen LogP contribution is -2.34. The monoisotopic (exact) mass is 250 g/mol. The Labute approximate surface area is 111 Å². The highest BCUT2D eigenvalue weighted by Crippen LogP contribution is 2.25. The van der Waals surface area contributed by atoms with Crippen LogP contribution in [0.25, 0.3) is 0 Å². The Hall–Kier alpha value is -1.06. The molecule has 3 heteroatoms. The number of likely N-dealkylation sites (N-methyl/N-ethyl adjacent to an activating group) is 2. The second kappa shape index (κ2) is 8.11. The quantitative estimate of drug-likeness (QED) is 0.767. The second-order valence-corrected chi connectivity index (χ2v) is 4.48. The van der Waals surface area contributed by atoms with Crippen LogP contribution >= 0.6 is 0 Å². The van der Waals surface area contributed by atoms with Gasteiger partial charge in [0.05, 0.1) is 7.11 Å². The summed E-state index contributed by atoms with van der Waals surface area (Å²) in [4.78, 5) is 2.47. The Balaban J connectivity index is 2.81. The fraction of sp³-hybridized carbons (Fsp3) is 0.600. The van der Waals surface area contributed by atoms with Crippen LogP contribution in [0.15, 0.2) is 24.3 Å². The van der Waals surface area contributed by atoms with Gasteiger partial charge in [0.2, 0.25) is 0 Å². The highest BCUT2D eigenvalue weighted by atomic mass is 16.5. The van der Waals surface area contributed by atoms with E-state index < -0.39 is 0 Å². The Morgan fingerprint density at radius 3 is 2.56 bits per heavy atom. The number of para-hydroxylation sites is 1. The Morgan fingerprint density at radius 1 is 1.28 bits per heavy atom. The van der Waals surface area contributed by atoms with E-state index in [2.05, 4.69) is 36.2 Å².